The fourth-order valence-electron chi connectivity index (χ4n) is 3.92. The van der Waals surface area contributed by atoms with E-state index in [-0.39, 0.29) is 11.5 Å². The van der Waals surface area contributed by atoms with Gasteiger partial charge in [-0.15, -0.1) is 22.7 Å². The van der Waals surface area contributed by atoms with Gasteiger partial charge in [0.05, 0.1) is 11.9 Å². The fourth-order valence-corrected chi connectivity index (χ4v) is 5.70. The Morgan fingerprint density at radius 2 is 2.07 bits per heavy atom. The van der Waals surface area contributed by atoms with Gasteiger partial charge in [0, 0.05) is 47.9 Å². The van der Waals surface area contributed by atoms with Crippen LogP contribution in [0.15, 0.2) is 27.7 Å². The number of hydrogen-bond donors (Lipinski definition) is 1. The zero-order valence-electron chi connectivity index (χ0n) is 15.7. The van der Waals surface area contributed by atoms with Crippen molar-refractivity contribution < 1.29 is 4.79 Å². The maximum Gasteiger partial charge on any atom is 0.260 e. The van der Waals surface area contributed by atoms with Gasteiger partial charge in [-0.25, -0.2) is 4.98 Å². The minimum Gasteiger partial charge on any atom is -0.340 e. The summed E-state index contributed by atoms with van der Waals surface area (Å²) in [6.45, 7) is 5.91. The summed E-state index contributed by atoms with van der Waals surface area (Å²) in [6.07, 6.45) is 1.04. The van der Waals surface area contributed by atoms with Gasteiger partial charge < -0.3 is 9.88 Å². The van der Waals surface area contributed by atoms with Gasteiger partial charge in [0.25, 0.3) is 5.56 Å². The molecule has 2 aliphatic rings. The lowest BCUT2D eigenvalue weighted by Gasteiger charge is -2.34. The van der Waals surface area contributed by atoms with E-state index in [0.717, 1.165) is 47.9 Å². The molecule has 2 fully saturated rings. The van der Waals surface area contributed by atoms with E-state index in [1.807, 2.05) is 27.8 Å². The van der Waals surface area contributed by atoms with Crippen molar-refractivity contribution in [2.75, 3.05) is 26.2 Å². The highest BCUT2D eigenvalue weighted by Gasteiger charge is 2.41. The molecule has 1 saturated carbocycles. The van der Waals surface area contributed by atoms with E-state index in [2.05, 4.69) is 16.8 Å². The normalized spacial score (nSPS) is 22.7. The van der Waals surface area contributed by atoms with Gasteiger partial charge in [-0.2, -0.15) is 0 Å². The van der Waals surface area contributed by atoms with Crippen molar-refractivity contribution in [1.82, 2.24) is 19.8 Å². The average molecular weight is 415 g/mol. The first-order chi connectivity index (χ1) is 13.6. The zero-order valence-corrected chi connectivity index (χ0v) is 17.3. The fraction of sp³-hybridized carbons (Fsp3) is 0.450. The lowest BCUT2D eigenvalue weighted by Crippen LogP contribution is -2.49. The van der Waals surface area contributed by atoms with Crippen LogP contribution >= 0.6 is 22.7 Å². The molecule has 146 valence electrons. The van der Waals surface area contributed by atoms with Crippen LogP contribution in [0.25, 0.3) is 20.7 Å². The predicted octanol–water partition coefficient (Wildman–Crippen LogP) is 3.01. The number of carbonyl (C=O) groups excluding carboxylic acids is 1. The van der Waals surface area contributed by atoms with Crippen LogP contribution in [0.2, 0.25) is 0 Å². The third-order valence-corrected chi connectivity index (χ3v) is 7.54. The first-order valence-electron chi connectivity index (χ1n) is 9.65. The van der Waals surface area contributed by atoms with Crippen molar-refractivity contribution in [3.05, 3.63) is 39.1 Å². The van der Waals surface area contributed by atoms with Gasteiger partial charge in [-0.1, -0.05) is 13.0 Å². The SMILES string of the molecule is C[C@@H]1C[C@H]1C(=O)N1CCN(Cc2nc3scc(-c4cccs4)c3c(=O)[nH]2)CC1. The molecule has 0 bridgehead atoms. The van der Waals surface area contributed by atoms with E-state index in [1.54, 1.807) is 11.3 Å². The van der Waals surface area contributed by atoms with Crippen molar-refractivity contribution >= 4 is 38.8 Å². The Balaban J connectivity index is 1.29. The third kappa shape index (κ3) is 3.29. The molecule has 3 aromatic rings. The van der Waals surface area contributed by atoms with Crippen LogP contribution in [0.5, 0.6) is 0 Å². The molecule has 6 nitrogen and oxygen atoms in total. The number of H-pyrrole nitrogens is 1. The van der Waals surface area contributed by atoms with Gasteiger partial charge in [0.15, 0.2) is 0 Å². The summed E-state index contributed by atoms with van der Waals surface area (Å²) in [7, 11) is 0. The summed E-state index contributed by atoms with van der Waals surface area (Å²) in [4.78, 5) is 38.9. The number of carbonyl (C=O) groups is 1. The smallest absolute Gasteiger partial charge is 0.260 e. The number of aromatic nitrogens is 2. The third-order valence-electron chi connectivity index (χ3n) is 5.76. The lowest BCUT2D eigenvalue weighted by molar-refractivity contribution is -0.134. The van der Waals surface area contributed by atoms with E-state index in [9.17, 15) is 9.59 Å². The van der Waals surface area contributed by atoms with Crippen LogP contribution in [-0.2, 0) is 11.3 Å². The van der Waals surface area contributed by atoms with Gasteiger partial charge >= 0.3 is 0 Å². The summed E-state index contributed by atoms with van der Waals surface area (Å²) in [5, 5.41) is 4.72. The highest BCUT2D eigenvalue weighted by molar-refractivity contribution is 7.18. The molecule has 0 spiro atoms. The largest absolute Gasteiger partial charge is 0.340 e. The minimum atomic E-state index is -0.0683. The Bertz CT molecular complexity index is 1060. The summed E-state index contributed by atoms with van der Waals surface area (Å²) in [5.74, 6) is 1.83. The average Bonchev–Trinajstić information content (AvgIpc) is 3.09. The van der Waals surface area contributed by atoms with E-state index in [1.165, 1.54) is 11.3 Å². The van der Waals surface area contributed by atoms with Crippen LogP contribution in [0, 0.1) is 11.8 Å². The topological polar surface area (TPSA) is 69.3 Å². The highest BCUT2D eigenvalue weighted by atomic mass is 32.1. The molecule has 3 aromatic heterocycles. The van der Waals surface area contributed by atoms with E-state index < -0.39 is 0 Å². The van der Waals surface area contributed by atoms with Gasteiger partial charge in [-0.05, 0) is 23.8 Å². The summed E-state index contributed by atoms with van der Waals surface area (Å²) in [5.41, 5.74) is 0.901. The molecule has 28 heavy (non-hydrogen) atoms. The van der Waals surface area contributed by atoms with Crippen LogP contribution in [0.1, 0.15) is 19.2 Å². The Labute approximate surface area is 170 Å². The van der Waals surface area contributed by atoms with E-state index in [0.29, 0.717) is 29.6 Å². The number of amides is 1. The first-order valence-corrected chi connectivity index (χ1v) is 11.4. The van der Waals surface area contributed by atoms with Crippen molar-refractivity contribution in [1.29, 1.82) is 0 Å². The standard InChI is InChI=1S/C20H22N4O2S2/c1-12-9-13(12)20(26)24-6-4-23(5-7-24)10-16-21-18(25)17-14(11-28-19(17)22-16)15-3-2-8-27-15/h2-3,8,11-13H,4-7,9-10H2,1H3,(H,21,22,25)/t12-,13-/m1/s1. The molecule has 5 rings (SSSR count). The number of nitrogens with zero attached hydrogens (tertiary/aromatic N) is 3. The number of piperazine rings is 1. The molecule has 1 saturated heterocycles. The highest BCUT2D eigenvalue weighted by Crippen LogP contribution is 2.39. The molecule has 4 heterocycles. The van der Waals surface area contributed by atoms with E-state index in [4.69, 9.17) is 4.98 Å². The second kappa shape index (κ2) is 7.09. The van der Waals surface area contributed by atoms with Gasteiger partial charge in [-0.3, -0.25) is 14.5 Å². The van der Waals surface area contributed by atoms with E-state index >= 15 is 0 Å². The molecule has 0 radical (unpaired) electrons. The van der Waals surface area contributed by atoms with Crippen molar-refractivity contribution in [2.24, 2.45) is 11.8 Å². The molecular weight excluding hydrogens is 392 g/mol. The number of nitrogens with one attached hydrogen (secondary N) is 1. The maximum atomic E-state index is 12.7. The van der Waals surface area contributed by atoms with Crippen molar-refractivity contribution in [3.8, 4) is 10.4 Å². The van der Waals surface area contributed by atoms with Crippen molar-refractivity contribution in [2.45, 2.75) is 19.9 Å². The van der Waals surface area contributed by atoms with Gasteiger partial charge in [0.1, 0.15) is 10.7 Å². The second-order valence-corrected chi connectivity index (χ2v) is 9.55. The molecule has 1 amide bonds. The molecule has 1 N–H and O–H groups in total. The number of fused-ring (bicyclic) bond motifs is 1. The second-order valence-electron chi connectivity index (χ2n) is 7.74. The number of rotatable bonds is 4. The minimum absolute atomic E-state index is 0.0683. The number of thiophene rings is 2. The molecule has 0 aromatic carbocycles. The Hall–Kier alpha value is -2.03. The van der Waals surface area contributed by atoms with Crippen LogP contribution in [0.3, 0.4) is 0 Å². The van der Waals surface area contributed by atoms with Crippen LogP contribution in [-0.4, -0.2) is 51.9 Å². The summed E-state index contributed by atoms with van der Waals surface area (Å²) in [6, 6.07) is 4.02. The molecule has 1 aliphatic heterocycles. The quantitative estimate of drug-likeness (QED) is 0.713. The molecular formula is C20H22N4O2S2. The Morgan fingerprint density at radius 3 is 2.75 bits per heavy atom. The number of hydrogen-bond acceptors (Lipinski definition) is 6. The van der Waals surface area contributed by atoms with Crippen LogP contribution in [0.4, 0.5) is 0 Å². The number of aromatic amines is 1. The van der Waals surface area contributed by atoms with Crippen LogP contribution < -0.4 is 5.56 Å². The predicted molar refractivity (Wildman–Crippen MR) is 113 cm³/mol. The maximum absolute atomic E-state index is 12.7. The molecule has 2 atom stereocenters. The Kier molecular flexibility index (Phi) is 4.57. The first kappa shape index (κ1) is 18.0. The summed E-state index contributed by atoms with van der Waals surface area (Å²) >= 11 is 3.15. The lowest BCUT2D eigenvalue weighted by atomic mass is 10.2. The summed E-state index contributed by atoms with van der Waals surface area (Å²) < 4.78 is 0. The van der Waals surface area contributed by atoms with Gasteiger partial charge in [0.2, 0.25) is 5.91 Å². The monoisotopic (exact) mass is 414 g/mol. The molecule has 1 aliphatic carbocycles. The Morgan fingerprint density at radius 1 is 1.29 bits per heavy atom. The molecule has 0 unspecified atom stereocenters. The zero-order chi connectivity index (χ0) is 19.3. The molecule has 8 heteroatoms. The van der Waals surface area contributed by atoms with Crippen molar-refractivity contribution in [3.63, 3.8) is 0 Å².